The highest BCUT2D eigenvalue weighted by Gasteiger charge is 2.57. The molecule has 1 spiro atoms. The molecule has 4 rings (SSSR count). The molecular weight excluding hydrogens is 388 g/mol. The zero-order chi connectivity index (χ0) is 21.3. The minimum absolute atomic E-state index is 0.0203. The first-order valence-electron chi connectivity index (χ1n) is 10.3. The number of benzene rings is 1. The molecule has 1 aromatic rings. The Labute approximate surface area is 175 Å². The fourth-order valence-electron chi connectivity index (χ4n) is 4.49. The smallest absolute Gasteiger partial charge is 0.410 e. The molecule has 1 aromatic carbocycles. The average Bonchev–Trinajstić information content (AvgIpc) is 3.24. The van der Waals surface area contributed by atoms with Crippen LogP contribution >= 0.6 is 0 Å². The van der Waals surface area contributed by atoms with E-state index in [0.717, 1.165) is 5.56 Å². The van der Waals surface area contributed by atoms with E-state index >= 15 is 0 Å². The Morgan fingerprint density at radius 2 is 1.77 bits per heavy atom. The number of likely N-dealkylation sites (tertiary alicyclic amines) is 1. The second kappa shape index (κ2) is 7.97. The molecule has 3 aliphatic rings. The van der Waals surface area contributed by atoms with Crippen LogP contribution < -0.4 is 0 Å². The molecular formula is C21H26N4O5. The van der Waals surface area contributed by atoms with E-state index in [0.29, 0.717) is 52.2 Å². The average molecular weight is 414 g/mol. The standard InChI is InChI=1S/C21H26N4O5/c1-2-24-18(27)21(25(19(24)28)14-16-6-4-3-5-7-16)8-10-22(11-9-21)17(26)15-23-12-13-30-20(23)29/h3-7H,2,8-15H2,1H3. The first-order chi connectivity index (χ1) is 14.5. The topological polar surface area (TPSA) is 90.5 Å². The number of urea groups is 1. The number of rotatable bonds is 5. The summed E-state index contributed by atoms with van der Waals surface area (Å²) in [5.41, 5.74) is 0.0359. The number of hydrogen-bond acceptors (Lipinski definition) is 5. The fourth-order valence-corrected chi connectivity index (χ4v) is 4.49. The molecule has 0 atom stereocenters. The number of carbonyl (C=O) groups is 4. The lowest BCUT2D eigenvalue weighted by Crippen LogP contribution is -2.58. The Balaban J connectivity index is 1.49. The minimum atomic E-state index is -0.924. The first-order valence-corrected chi connectivity index (χ1v) is 10.3. The highest BCUT2D eigenvalue weighted by atomic mass is 16.6. The van der Waals surface area contributed by atoms with E-state index in [1.807, 2.05) is 30.3 Å². The molecule has 0 radical (unpaired) electrons. The van der Waals surface area contributed by atoms with Crippen LogP contribution in [0.1, 0.15) is 25.3 Å². The van der Waals surface area contributed by atoms with Gasteiger partial charge in [0, 0.05) is 26.2 Å². The van der Waals surface area contributed by atoms with Crippen LogP contribution in [0.25, 0.3) is 0 Å². The summed E-state index contributed by atoms with van der Waals surface area (Å²) in [6.07, 6.45) is 0.301. The van der Waals surface area contributed by atoms with Gasteiger partial charge < -0.3 is 14.5 Å². The number of carbonyl (C=O) groups excluding carboxylic acids is 4. The minimum Gasteiger partial charge on any atom is -0.448 e. The summed E-state index contributed by atoms with van der Waals surface area (Å²) in [5.74, 6) is -0.344. The van der Waals surface area contributed by atoms with Crippen LogP contribution in [0, 0.1) is 0 Å². The van der Waals surface area contributed by atoms with Crippen LogP contribution in [0.4, 0.5) is 9.59 Å². The summed E-state index contributed by atoms with van der Waals surface area (Å²) in [5, 5.41) is 0. The van der Waals surface area contributed by atoms with Crippen molar-refractivity contribution in [1.29, 1.82) is 0 Å². The first kappa shape index (κ1) is 20.2. The molecule has 9 heteroatoms. The van der Waals surface area contributed by atoms with Crippen LogP contribution in [-0.4, -0.2) is 88.4 Å². The Hall–Kier alpha value is -3.10. The van der Waals surface area contributed by atoms with Crippen LogP contribution in [-0.2, 0) is 20.9 Å². The van der Waals surface area contributed by atoms with Gasteiger partial charge in [-0.05, 0) is 25.3 Å². The number of nitrogens with zero attached hydrogens (tertiary/aromatic N) is 4. The van der Waals surface area contributed by atoms with E-state index in [9.17, 15) is 19.2 Å². The quantitative estimate of drug-likeness (QED) is 0.677. The van der Waals surface area contributed by atoms with Gasteiger partial charge >= 0.3 is 12.1 Å². The molecule has 3 fully saturated rings. The third kappa shape index (κ3) is 3.38. The molecule has 160 valence electrons. The molecule has 3 aliphatic heterocycles. The Bertz CT molecular complexity index is 850. The molecule has 3 heterocycles. The molecule has 0 saturated carbocycles. The van der Waals surface area contributed by atoms with Crippen molar-refractivity contribution < 1.29 is 23.9 Å². The maximum Gasteiger partial charge on any atom is 0.410 e. The zero-order valence-electron chi connectivity index (χ0n) is 17.1. The largest absolute Gasteiger partial charge is 0.448 e. The van der Waals surface area contributed by atoms with Gasteiger partial charge in [-0.2, -0.15) is 0 Å². The Kier molecular flexibility index (Phi) is 5.36. The third-order valence-corrected chi connectivity index (χ3v) is 6.24. The normalized spacial score (nSPS) is 21.0. The summed E-state index contributed by atoms with van der Waals surface area (Å²) in [6.45, 7) is 3.89. The molecule has 9 nitrogen and oxygen atoms in total. The predicted molar refractivity (Wildman–Crippen MR) is 106 cm³/mol. The van der Waals surface area contributed by atoms with Crippen LogP contribution in [0.3, 0.4) is 0 Å². The SMILES string of the molecule is CCN1C(=O)N(Cc2ccccc2)C2(CCN(C(=O)CN3CCOC3=O)CC2)C1=O. The van der Waals surface area contributed by atoms with E-state index in [4.69, 9.17) is 4.74 Å². The molecule has 0 unspecified atom stereocenters. The van der Waals surface area contributed by atoms with Crippen molar-refractivity contribution in [2.75, 3.05) is 39.3 Å². The summed E-state index contributed by atoms with van der Waals surface area (Å²) >= 11 is 0. The number of imide groups is 1. The molecule has 5 amide bonds. The molecule has 0 N–H and O–H groups in total. The van der Waals surface area contributed by atoms with Crippen molar-refractivity contribution in [3.63, 3.8) is 0 Å². The highest BCUT2D eigenvalue weighted by Crippen LogP contribution is 2.38. The number of likely N-dealkylation sites (N-methyl/N-ethyl adjacent to an activating group) is 1. The zero-order valence-corrected chi connectivity index (χ0v) is 17.1. The van der Waals surface area contributed by atoms with E-state index in [2.05, 4.69) is 0 Å². The van der Waals surface area contributed by atoms with E-state index in [1.165, 1.54) is 9.80 Å². The molecule has 30 heavy (non-hydrogen) atoms. The number of amides is 5. The van der Waals surface area contributed by atoms with Crippen molar-refractivity contribution in [2.24, 2.45) is 0 Å². The molecule has 3 saturated heterocycles. The van der Waals surface area contributed by atoms with E-state index in [-0.39, 0.29) is 24.4 Å². The van der Waals surface area contributed by atoms with E-state index in [1.54, 1.807) is 16.7 Å². The Morgan fingerprint density at radius 3 is 2.37 bits per heavy atom. The lowest BCUT2D eigenvalue weighted by Gasteiger charge is -2.42. The van der Waals surface area contributed by atoms with Gasteiger partial charge in [0.15, 0.2) is 0 Å². The van der Waals surface area contributed by atoms with Gasteiger partial charge in [0.25, 0.3) is 5.91 Å². The van der Waals surface area contributed by atoms with Gasteiger partial charge in [-0.1, -0.05) is 30.3 Å². The number of cyclic esters (lactones) is 1. The summed E-state index contributed by atoms with van der Waals surface area (Å²) in [7, 11) is 0. The van der Waals surface area contributed by atoms with Crippen LogP contribution in [0.15, 0.2) is 30.3 Å². The van der Waals surface area contributed by atoms with Gasteiger partial charge in [-0.3, -0.25) is 19.4 Å². The van der Waals surface area contributed by atoms with Crippen molar-refractivity contribution >= 4 is 23.9 Å². The van der Waals surface area contributed by atoms with Crippen molar-refractivity contribution in [3.8, 4) is 0 Å². The van der Waals surface area contributed by atoms with Gasteiger partial charge in [-0.25, -0.2) is 9.59 Å². The maximum atomic E-state index is 13.2. The second-order valence-electron chi connectivity index (χ2n) is 7.85. The van der Waals surface area contributed by atoms with E-state index < -0.39 is 11.6 Å². The summed E-state index contributed by atoms with van der Waals surface area (Å²) in [6, 6.07) is 9.33. The maximum absolute atomic E-state index is 13.2. The molecule has 0 aliphatic carbocycles. The molecule has 0 aromatic heterocycles. The summed E-state index contributed by atoms with van der Waals surface area (Å²) < 4.78 is 4.87. The number of piperidine rings is 1. The Morgan fingerprint density at radius 1 is 1.07 bits per heavy atom. The fraction of sp³-hybridized carbons (Fsp3) is 0.524. The molecule has 0 bridgehead atoms. The highest BCUT2D eigenvalue weighted by molar-refractivity contribution is 6.07. The van der Waals surface area contributed by atoms with Crippen LogP contribution in [0.5, 0.6) is 0 Å². The predicted octanol–water partition coefficient (Wildman–Crippen LogP) is 1.28. The van der Waals surface area contributed by atoms with Gasteiger partial charge in [0.05, 0.1) is 6.54 Å². The summed E-state index contributed by atoms with van der Waals surface area (Å²) in [4.78, 5) is 56.5. The second-order valence-corrected chi connectivity index (χ2v) is 7.85. The van der Waals surface area contributed by atoms with Gasteiger partial charge in [0.1, 0.15) is 18.7 Å². The number of hydrogen-bond donors (Lipinski definition) is 0. The van der Waals surface area contributed by atoms with Gasteiger partial charge in [-0.15, -0.1) is 0 Å². The van der Waals surface area contributed by atoms with Crippen molar-refractivity contribution in [1.82, 2.24) is 19.6 Å². The monoisotopic (exact) mass is 414 g/mol. The lowest BCUT2D eigenvalue weighted by molar-refractivity contribution is -0.141. The third-order valence-electron chi connectivity index (χ3n) is 6.24. The van der Waals surface area contributed by atoms with Crippen molar-refractivity contribution in [2.45, 2.75) is 31.8 Å². The lowest BCUT2D eigenvalue weighted by atomic mass is 9.85. The van der Waals surface area contributed by atoms with Crippen molar-refractivity contribution in [3.05, 3.63) is 35.9 Å². The van der Waals surface area contributed by atoms with Crippen LogP contribution in [0.2, 0.25) is 0 Å². The number of ether oxygens (including phenoxy) is 1. The van der Waals surface area contributed by atoms with Gasteiger partial charge in [0.2, 0.25) is 5.91 Å².